The van der Waals surface area contributed by atoms with E-state index in [0.29, 0.717) is 5.56 Å². The Morgan fingerprint density at radius 2 is 1.75 bits per heavy atom. The normalized spacial score (nSPS) is 25.8. The summed E-state index contributed by atoms with van der Waals surface area (Å²) in [6.45, 7) is 11.1. The molecule has 1 aromatic rings. The van der Waals surface area contributed by atoms with Crippen molar-refractivity contribution in [3.05, 3.63) is 29.8 Å². The van der Waals surface area contributed by atoms with Gasteiger partial charge in [0.25, 0.3) is 5.91 Å². The minimum Gasteiger partial charge on any atom is -0.399 e. The second-order valence-electron chi connectivity index (χ2n) is 8.02. The molecular weight excluding hydrogens is 301 g/mol. The number of carbonyl (C=O) groups is 1. The summed E-state index contributed by atoms with van der Waals surface area (Å²) in [6, 6.07) is 7.99. The molecule has 4 nitrogen and oxygen atoms in total. The Kier molecular flexibility index (Phi) is 4.52. The number of hydrogen-bond acceptors (Lipinski definition) is 3. The second kappa shape index (κ2) is 6.19. The molecule has 2 aliphatic heterocycles. The van der Waals surface area contributed by atoms with E-state index >= 15 is 0 Å². The molecule has 1 unspecified atom stereocenters. The van der Waals surface area contributed by atoms with Crippen molar-refractivity contribution >= 4 is 18.5 Å². The lowest BCUT2D eigenvalue weighted by Crippen LogP contribution is -2.46. The van der Waals surface area contributed by atoms with Gasteiger partial charge in [-0.1, -0.05) is 18.2 Å². The van der Waals surface area contributed by atoms with Gasteiger partial charge in [-0.25, -0.2) is 0 Å². The van der Waals surface area contributed by atoms with Crippen LogP contribution in [-0.4, -0.2) is 41.7 Å². The molecule has 0 spiro atoms. The van der Waals surface area contributed by atoms with Crippen LogP contribution < -0.4 is 5.46 Å². The number of amides is 1. The zero-order valence-corrected chi connectivity index (χ0v) is 15.5. The molecule has 1 aromatic carbocycles. The van der Waals surface area contributed by atoms with Gasteiger partial charge in [0.05, 0.1) is 11.2 Å². The molecule has 24 heavy (non-hydrogen) atoms. The molecule has 0 N–H and O–H groups in total. The molecule has 0 radical (unpaired) electrons. The zero-order valence-electron chi connectivity index (χ0n) is 15.5. The monoisotopic (exact) mass is 329 g/mol. The SMILES string of the molecule is CC1CCCCN1C(=O)c1ccccc1B1OC(C)(C)C(C)(C)O1. The van der Waals surface area contributed by atoms with E-state index in [2.05, 4.69) is 6.92 Å². The largest absolute Gasteiger partial charge is 0.495 e. The predicted octanol–water partition coefficient (Wildman–Crippen LogP) is 3.00. The topological polar surface area (TPSA) is 38.8 Å². The van der Waals surface area contributed by atoms with Crippen LogP contribution in [0.3, 0.4) is 0 Å². The van der Waals surface area contributed by atoms with Gasteiger partial charge >= 0.3 is 7.12 Å². The van der Waals surface area contributed by atoms with E-state index in [1.807, 2.05) is 56.9 Å². The number of benzene rings is 1. The molecule has 2 heterocycles. The Balaban J connectivity index is 1.90. The van der Waals surface area contributed by atoms with Crippen molar-refractivity contribution < 1.29 is 14.1 Å². The summed E-state index contributed by atoms with van der Waals surface area (Å²) in [6.07, 6.45) is 3.35. The highest BCUT2D eigenvalue weighted by Gasteiger charge is 2.52. The Morgan fingerprint density at radius 1 is 1.12 bits per heavy atom. The van der Waals surface area contributed by atoms with Crippen LogP contribution in [0.5, 0.6) is 0 Å². The van der Waals surface area contributed by atoms with E-state index in [-0.39, 0.29) is 11.9 Å². The summed E-state index contributed by atoms with van der Waals surface area (Å²) in [7, 11) is -0.504. The lowest BCUT2D eigenvalue weighted by Gasteiger charge is -2.34. The van der Waals surface area contributed by atoms with E-state index < -0.39 is 18.3 Å². The van der Waals surface area contributed by atoms with Gasteiger partial charge < -0.3 is 14.2 Å². The van der Waals surface area contributed by atoms with Crippen LogP contribution in [0.25, 0.3) is 0 Å². The average Bonchev–Trinajstić information content (AvgIpc) is 2.75. The van der Waals surface area contributed by atoms with Crippen molar-refractivity contribution in [3.8, 4) is 0 Å². The zero-order chi connectivity index (χ0) is 17.5. The summed E-state index contributed by atoms with van der Waals surface area (Å²) in [4.78, 5) is 15.1. The first-order valence-electron chi connectivity index (χ1n) is 8.98. The Morgan fingerprint density at radius 3 is 2.38 bits per heavy atom. The van der Waals surface area contributed by atoms with Gasteiger partial charge in [-0.3, -0.25) is 4.79 Å². The maximum Gasteiger partial charge on any atom is 0.495 e. The van der Waals surface area contributed by atoms with Gasteiger partial charge in [0, 0.05) is 18.2 Å². The van der Waals surface area contributed by atoms with Crippen molar-refractivity contribution in [1.29, 1.82) is 0 Å². The molecule has 1 amide bonds. The van der Waals surface area contributed by atoms with Crippen LogP contribution in [0.4, 0.5) is 0 Å². The van der Waals surface area contributed by atoms with Crippen LogP contribution in [-0.2, 0) is 9.31 Å². The minimum atomic E-state index is -0.504. The van der Waals surface area contributed by atoms with Crippen LogP contribution in [0, 0.1) is 0 Å². The Labute approximate surface area is 145 Å². The van der Waals surface area contributed by atoms with E-state index in [4.69, 9.17) is 9.31 Å². The molecular formula is C19H28BNO3. The van der Waals surface area contributed by atoms with Crippen molar-refractivity contribution in [2.75, 3.05) is 6.54 Å². The number of rotatable bonds is 2. The smallest absolute Gasteiger partial charge is 0.399 e. The third-order valence-electron chi connectivity index (χ3n) is 5.76. The highest BCUT2D eigenvalue weighted by molar-refractivity contribution is 6.63. The number of piperidine rings is 1. The van der Waals surface area contributed by atoms with Crippen LogP contribution in [0.15, 0.2) is 24.3 Å². The predicted molar refractivity (Wildman–Crippen MR) is 96.5 cm³/mol. The maximum absolute atomic E-state index is 13.1. The Hall–Kier alpha value is -1.33. The highest BCUT2D eigenvalue weighted by atomic mass is 16.7. The van der Waals surface area contributed by atoms with Crippen molar-refractivity contribution in [1.82, 2.24) is 4.90 Å². The lowest BCUT2D eigenvalue weighted by atomic mass is 9.75. The van der Waals surface area contributed by atoms with Gasteiger partial charge in [-0.2, -0.15) is 0 Å². The van der Waals surface area contributed by atoms with Crippen LogP contribution >= 0.6 is 0 Å². The maximum atomic E-state index is 13.1. The third-order valence-corrected chi connectivity index (χ3v) is 5.76. The summed E-state index contributed by atoms with van der Waals surface area (Å²) in [5.74, 6) is 0.0903. The summed E-state index contributed by atoms with van der Waals surface area (Å²) in [5, 5.41) is 0. The first kappa shape index (κ1) is 17.5. The third kappa shape index (κ3) is 3.00. The van der Waals surface area contributed by atoms with Crippen LogP contribution in [0.1, 0.15) is 64.2 Å². The minimum absolute atomic E-state index is 0.0903. The lowest BCUT2D eigenvalue weighted by molar-refractivity contribution is 0.00578. The summed E-state index contributed by atoms with van der Waals surface area (Å²) < 4.78 is 12.3. The fourth-order valence-electron chi connectivity index (χ4n) is 3.42. The van der Waals surface area contributed by atoms with Crippen molar-refractivity contribution in [3.63, 3.8) is 0 Å². The van der Waals surface area contributed by atoms with Gasteiger partial charge in [0.1, 0.15) is 0 Å². The number of likely N-dealkylation sites (tertiary alicyclic amines) is 1. The highest BCUT2D eigenvalue weighted by Crippen LogP contribution is 2.36. The molecule has 2 aliphatic rings. The van der Waals surface area contributed by atoms with E-state index in [1.54, 1.807) is 0 Å². The van der Waals surface area contributed by atoms with E-state index in [9.17, 15) is 4.79 Å². The fourth-order valence-corrected chi connectivity index (χ4v) is 3.42. The molecule has 2 saturated heterocycles. The quantitative estimate of drug-likeness (QED) is 0.783. The first-order chi connectivity index (χ1) is 11.2. The van der Waals surface area contributed by atoms with Gasteiger partial charge in [-0.15, -0.1) is 0 Å². The number of nitrogens with zero attached hydrogens (tertiary/aromatic N) is 1. The number of hydrogen-bond donors (Lipinski definition) is 0. The molecule has 130 valence electrons. The molecule has 0 aliphatic carbocycles. The fraction of sp³-hybridized carbons (Fsp3) is 0.632. The molecule has 0 saturated carbocycles. The van der Waals surface area contributed by atoms with Crippen LogP contribution in [0.2, 0.25) is 0 Å². The van der Waals surface area contributed by atoms with Crippen molar-refractivity contribution in [2.45, 2.75) is 71.1 Å². The van der Waals surface area contributed by atoms with Gasteiger partial charge in [0.15, 0.2) is 0 Å². The molecule has 5 heteroatoms. The second-order valence-corrected chi connectivity index (χ2v) is 8.02. The number of carbonyl (C=O) groups excluding carboxylic acids is 1. The molecule has 3 rings (SSSR count). The standard InChI is InChI=1S/C19H28BNO3/c1-14-10-8-9-13-21(14)17(22)15-11-6-7-12-16(15)20-23-18(2,3)19(4,5)24-20/h6-7,11-12,14H,8-10,13H2,1-5H3. The molecule has 0 aromatic heterocycles. The Bertz CT molecular complexity index is 613. The van der Waals surface area contributed by atoms with E-state index in [0.717, 1.165) is 24.8 Å². The molecule has 2 fully saturated rings. The molecule has 0 bridgehead atoms. The van der Waals surface area contributed by atoms with Gasteiger partial charge in [0.2, 0.25) is 0 Å². The first-order valence-corrected chi connectivity index (χ1v) is 8.98. The molecule has 1 atom stereocenters. The van der Waals surface area contributed by atoms with Crippen molar-refractivity contribution in [2.24, 2.45) is 0 Å². The van der Waals surface area contributed by atoms with Gasteiger partial charge in [-0.05, 0) is 65.4 Å². The summed E-state index contributed by atoms with van der Waals surface area (Å²) in [5.41, 5.74) is 0.710. The summed E-state index contributed by atoms with van der Waals surface area (Å²) >= 11 is 0. The average molecular weight is 329 g/mol. The van der Waals surface area contributed by atoms with E-state index in [1.165, 1.54) is 6.42 Å².